The molecule has 5 heteroatoms. The van der Waals surface area contributed by atoms with E-state index in [9.17, 15) is 0 Å². The van der Waals surface area contributed by atoms with Crippen LogP contribution in [-0.4, -0.2) is 21.0 Å². The van der Waals surface area contributed by atoms with E-state index in [1.807, 2.05) is 11.8 Å². The average molecular weight is 495 g/mol. The zero-order valence-corrected chi connectivity index (χ0v) is 21.9. The number of hydrogen-bond donors (Lipinski definition) is 1. The average Bonchev–Trinajstić information content (AvgIpc) is 3.46. The maximum absolute atomic E-state index is 4.60. The van der Waals surface area contributed by atoms with Gasteiger partial charge >= 0.3 is 0 Å². The molecule has 0 radical (unpaired) electrons. The lowest BCUT2D eigenvalue weighted by atomic mass is 10.0. The molecule has 4 aromatic rings. The Hall–Kier alpha value is -3.44. The second-order valence-electron chi connectivity index (χ2n) is 9.24. The van der Waals surface area contributed by atoms with Crippen LogP contribution >= 0.6 is 11.8 Å². The molecule has 1 atom stereocenters. The maximum Gasteiger partial charge on any atom is 0.152 e. The Morgan fingerprint density at radius 2 is 1.42 bits per heavy atom. The van der Waals surface area contributed by atoms with Gasteiger partial charge in [-0.05, 0) is 56.2 Å². The van der Waals surface area contributed by atoms with Crippen LogP contribution in [0.3, 0.4) is 0 Å². The van der Waals surface area contributed by atoms with Gasteiger partial charge in [0.1, 0.15) is 0 Å². The molecule has 0 amide bonds. The zero-order valence-electron chi connectivity index (χ0n) is 21.1. The summed E-state index contributed by atoms with van der Waals surface area (Å²) in [5.41, 5.74) is 8.55. The topological polar surface area (TPSA) is 33.1 Å². The number of unbranched alkanes of at least 4 members (excludes halogenated alkanes) is 2. The van der Waals surface area contributed by atoms with E-state index in [1.54, 1.807) is 0 Å². The van der Waals surface area contributed by atoms with Gasteiger partial charge in [0.25, 0.3) is 0 Å². The molecule has 0 aliphatic carbocycles. The highest BCUT2D eigenvalue weighted by molar-refractivity contribution is 8.00. The molecular weight excluding hydrogens is 460 g/mol. The highest BCUT2D eigenvalue weighted by Gasteiger charge is 2.34. The fourth-order valence-corrected chi connectivity index (χ4v) is 5.98. The van der Waals surface area contributed by atoms with Crippen LogP contribution in [0.5, 0.6) is 0 Å². The van der Waals surface area contributed by atoms with Crippen LogP contribution in [0.4, 0.5) is 5.69 Å². The number of rotatable bonds is 10. The lowest BCUT2D eigenvalue weighted by molar-refractivity contribution is 0.541. The monoisotopic (exact) mass is 494 g/mol. The molecule has 2 heterocycles. The van der Waals surface area contributed by atoms with Crippen LogP contribution in [-0.2, 0) is 6.54 Å². The second-order valence-corrected chi connectivity index (χ2v) is 10.4. The predicted molar refractivity (Wildman–Crippen MR) is 154 cm³/mol. The van der Waals surface area contributed by atoms with Gasteiger partial charge in [-0.25, -0.2) is 0 Å². The van der Waals surface area contributed by atoms with Gasteiger partial charge in [-0.2, -0.15) is 5.10 Å². The van der Waals surface area contributed by atoms with Gasteiger partial charge in [0.05, 0.1) is 17.1 Å². The molecule has 4 nitrogen and oxygen atoms in total. The normalized spacial score (nSPS) is 15.4. The Balaban J connectivity index is 1.33. The number of nitrogens with zero attached hydrogens (tertiary/aromatic N) is 3. The Kier molecular flexibility index (Phi) is 7.77. The minimum Gasteiger partial charge on any atom is -0.354 e. The van der Waals surface area contributed by atoms with E-state index in [2.05, 4.69) is 131 Å². The highest BCUT2D eigenvalue weighted by Crippen LogP contribution is 2.41. The van der Waals surface area contributed by atoms with Crippen molar-refractivity contribution in [1.29, 1.82) is 0 Å². The third-order valence-corrected chi connectivity index (χ3v) is 7.69. The lowest BCUT2D eigenvalue weighted by Gasteiger charge is -2.29. The molecule has 5 rings (SSSR count). The van der Waals surface area contributed by atoms with Gasteiger partial charge in [0.15, 0.2) is 5.50 Å². The van der Waals surface area contributed by atoms with Crippen molar-refractivity contribution < 1.29 is 0 Å². The van der Waals surface area contributed by atoms with Crippen LogP contribution in [0.1, 0.15) is 41.8 Å². The third-order valence-electron chi connectivity index (χ3n) is 6.52. The summed E-state index contributed by atoms with van der Waals surface area (Å²) >= 11 is 1.99. The largest absolute Gasteiger partial charge is 0.354 e. The molecule has 1 unspecified atom stereocenters. The number of thioether (sulfide) groups is 1. The van der Waals surface area contributed by atoms with Gasteiger partial charge in [-0.15, -0.1) is 11.8 Å². The summed E-state index contributed by atoms with van der Waals surface area (Å²) in [7, 11) is 0. The van der Waals surface area contributed by atoms with E-state index in [1.165, 1.54) is 46.7 Å². The molecule has 1 N–H and O–H groups in total. The molecule has 184 valence electrons. The number of aromatic nitrogens is 2. The van der Waals surface area contributed by atoms with E-state index < -0.39 is 0 Å². The fourth-order valence-electron chi connectivity index (χ4n) is 4.80. The Morgan fingerprint density at radius 3 is 2.06 bits per heavy atom. The van der Waals surface area contributed by atoms with Crippen molar-refractivity contribution in [1.82, 2.24) is 15.1 Å². The van der Waals surface area contributed by atoms with Crippen LogP contribution in [0.2, 0.25) is 0 Å². The molecule has 0 bridgehead atoms. The first-order valence-corrected chi connectivity index (χ1v) is 13.8. The number of anilines is 1. The summed E-state index contributed by atoms with van der Waals surface area (Å²) in [6.45, 7) is 5.20. The quantitative estimate of drug-likeness (QED) is 0.234. The summed E-state index contributed by atoms with van der Waals surface area (Å²) < 4.78 is 2.14. The SMILES string of the molecule is Cc1cc(C)n(CCCCCSC2NC(c3ccccc3)=C(c3ccccc3)N2c2ccccc2)n1. The molecule has 0 saturated heterocycles. The molecule has 0 saturated carbocycles. The first kappa shape index (κ1) is 24.3. The fraction of sp³-hybridized carbons (Fsp3) is 0.258. The number of nitrogens with one attached hydrogen (secondary N) is 1. The Labute approximate surface area is 219 Å². The van der Waals surface area contributed by atoms with Crippen molar-refractivity contribution >= 4 is 28.8 Å². The van der Waals surface area contributed by atoms with Crippen molar-refractivity contribution in [3.05, 3.63) is 120 Å². The van der Waals surface area contributed by atoms with Crippen molar-refractivity contribution in [2.75, 3.05) is 10.7 Å². The van der Waals surface area contributed by atoms with Crippen molar-refractivity contribution in [3.8, 4) is 0 Å². The van der Waals surface area contributed by atoms with Gasteiger partial charge in [-0.1, -0.05) is 85.3 Å². The first-order valence-electron chi connectivity index (χ1n) is 12.8. The van der Waals surface area contributed by atoms with Gasteiger partial charge < -0.3 is 10.2 Å². The van der Waals surface area contributed by atoms with Gasteiger partial charge in [-0.3, -0.25) is 4.68 Å². The first-order chi connectivity index (χ1) is 17.7. The van der Waals surface area contributed by atoms with Gasteiger partial charge in [0.2, 0.25) is 0 Å². The summed E-state index contributed by atoms with van der Waals surface area (Å²) in [6, 6.07) is 34.3. The molecule has 36 heavy (non-hydrogen) atoms. The highest BCUT2D eigenvalue weighted by atomic mass is 32.2. The molecule has 0 fully saturated rings. The summed E-state index contributed by atoms with van der Waals surface area (Å²) in [5.74, 6) is 1.10. The number of benzene rings is 3. The van der Waals surface area contributed by atoms with E-state index in [-0.39, 0.29) is 5.50 Å². The van der Waals surface area contributed by atoms with Crippen molar-refractivity contribution in [2.24, 2.45) is 0 Å². The smallest absolute Gasteiger partial charge is 0.152 e. The summed E-state index contributed by atoms with van der Waals surface area (Å²) in [4.78, 5) is 2.47. The molecule has 1 aliphatic rings. The maximum atomic E-state index is 4.60. The van der Waals surface area contributed by atoms with Crippen LogP contribution < -0.4 is 10.2 Å². The number of hydrogen-bond acceptors (Lipinski definition) is 4. The van der Waals surface area contributed by atoms with Gasteiger partial charge in [0, 0.05) is 23.5 Å². The minimum atomic E-state index is 0.133. The van der Waals surface area contributed by atoms with Crippen molar-refractivity contribution in [2.45, 2.75) is 45.2 Å². The molecule has 1 aliphatic heterocycles. The number of aryl methyl sites for hydroxylation is 3. The van der Waals surface area contributed by atoms with E-state index in [4.69, 9.17) is 0 Å². The standard InChI is InChI=1S/C31H34N4S/c1-24-23-25(2)34(33-24)21-13-6-14-22-36-31-32-29(26-15-7-3-8-16-26)30(27-17-9-4-10-18-27)35(31)28-19-11-5-12-20-28/h3-5,7-12,15-20,23,31-32H,6,13-14,21-22H2,1-2H3. The molecule has 0 spiro atoms. The zero-order chi connectivity index (χ0) is 24.7. The summed E-state index contributed by atoms with van der Waals surface area (Å²) in [6.07, 6.45) is 3.55. The van der Waals surface area contributed by atoms with E-state index >= 15 is 0 Å². The lowest BCUT2D eigenvalue weighted by Crippen LogP contribution is -2.34. The minimum absolute atomic E-state index is 0.133. The summed E-state index contributed by atoms with van der Waals surface area (Å²) in [5, 5.41) is 8.48. The molecule has 1 aromatic heterocycles. The Morgan fingerprint density at radius 1 is 0.778 bits per heavy atom. The van der Waals surface area contributed by atoms with E-state index in [0.29, 0.717) is 0 Å². The third kappa shape index (κ3) is 5.52. The number of para-hydroxylation sites is 1. The predicted octanol–water partition coefficient (Wildman–Crippen LogP) is 7.32. The van der Waals surface area contributed by atoms with E-state index in [0.717, 1.165) is 24.4 Å². The van der Waals surface area contributed by atoms with Crippen LogP contribution in [0.25, 0.3) is 11.4 Å². The van der Waals surface area contributed by atoms with Crippen molar-refractivity contribution in [3.63, 3.8) is 0 Å². The molecule has 3 aromatic carbocycles. The second kappa shape index (κ2) is 11.5. The van der Waals surface area contributed by atoms with Crippen LogP contribution in [0.15, 0.2) is 97.1 Å². The Bertz CT molecular complexity index is 1280. The molecular formula is C31H34N4S. The van der Waals surface area contributed by atoms with Crippen LogP contribution in [0, 0.1) is 13.8 Å².